The average molecular weight is 441 g/mol. The van der Waals surface area contributed by atoms with E-state index in [1.165, 1.54) is 19.2 Å². The summed E-state index contributed by atoms with van der Waals surface area (Å²) in [6.45, 7) is 3.51. The molecule has 0 atom stereocenters. The Bertz CT molecular complexity index is 1190. The predicted molar refractivity (Wildman–Crippen MR) is 116 cm³/mol. The Kier molecular flexibility index (Phi) is 6.74. The maximum Gasteiger partial charge on any atom is 0.293 e. The van der Waals surface area contributed by atoms with Crippen LogP contribution in [0.3, 0.4) is 0 Å². The fraction of sp³-hybridized carbons (Fsp3) is 0.174. The van der Waals surface area contributed by atoms with Crippen LogP contribution in [-0.4, -0.2) is 31.8 Å². The number of sulfonamides is 1. The molecule has 3 rings (SSSR count). The Labute approximate surface area is 181 Å². The van der Waals surface area contributed by atoms with Crippen LogP contribution in [0.4, 0.5) is 0 Å². The van der Waals surface area contributed by atoms with Gasteiger partial charge >= 0.3 is 0 Å². The van der Waals surface area contributed by atoms with E-state index in [9.17, 15) is 18.4 Å². The van der Waals surface area contributed by atoms with Crippen molar-refractivity contribution in [2.24, 2.45) is 0 Å². The van der Waals surface area contributed by atoms with Crippen LogP contribution in [0.2, 0.25) is 0 Å². The number of methoxy groups -OCH3 is 1. The van der Waals surface area contributed by atoms with Crippen molar-refractivity contribution in [3.05, 3.63) is 94.5 Å². The molecule has 0 saturated carbocycles. The lowest BCUT2D eigenvalue weighted by Crippen LogP contribution is -2.44. The first-order chi connectivity index (χ1) is 14.7. The van der Waals surface area contributed by atoms with Gasteiger partial charge in [0.1, 0.15) is 5.75 Å². The van der Waals surface area contributed by atoms with E-state index in [-0.39, 0.29) is 15.6 Å². The SMILES string of the molecule is COc1ccc(S(=O)(=O)NN(O)C(=O)c2cc(C)ccc2C)c(Cc2ccccc2)c1. The standard InChI is InChI=1S/C23H24N2O5S/c1-16-9-10-17(2)21(13-16)23(26)25(27)24-31(28,29)22-12-11-20(30-3)15-19(22)14-18-7-5-4-6-8-18/h4-13,15,24,27H,14H2,1-3H3. The molecule has 0 radical (unpaired) electrons. The second-order valence-corrected chi connectivity index (χ2v) is 8.80. The Morgan fingerprint density at radius 3 is 2.42 bits per heavy atom. The number of aryl methyl sites for hydroxylation is 2. The topological polar surface area (TPSA) is 95.9 Å². The third-order valence-corrected chi connectivity index (χ3v) is 6.21. The molecule has 0 bridgehead atoms. The van der Waals surface area contributed by atoms with Crippen LogP contribution in [0.25, 0.3) is 0 Å². The summed E-state index contributed by atoms with van der Waals surface area (Å²) in [6.07, 6.45) is 0.324. The summed E-state index contributed by atoms with van der Waals surface area (Å²) in [4.78, 5) is 14.5. The minimum atomic E-state index is -4.26. The van der Waals surface area contributed by atoms with Crippen LogP contribution in [0.1, 0.15) is 32.6 Å². The van der Waals surface area contributed by atoms with Gasteiger partial charge in [0.05, 0.1) is 12.0 Å². The Morgan fingerprint density at radius 1 is 1.03 bits per heavy atom. The number of hydrazine groups is 1. The van der Waals surface area contributed by atoms with Crippen molar-refractivity contribution in [3.63, 3.8) is 0 Å². The predicted octanol–water partition coefficient (Wildman–Crippen LogP) is 3.63. The molecule has 1 amide bonds. The molecule has 8 heteroatoms. The molecule has 0 heterocycles. The highest BCUT2D eigenvalue weighted by atomic mass is 32.2. The van der Waals surface area contributed by atoms with Crippen molar-refractivity contribution < 1.29 is 23.2 Å². The number of benzene rings is 3. The second kappa shape index (κ2) is 9.30. The number of nitrogens with one attached hydrogen (secondary N) is 1. The van der Waals surface area contributed by atoms with Crippen LogP contribution < -0.4 is 9.57 Å². The second-order valence-electron chi connectivity index (χ2n) is 7.17. The summed E-state index contributed by atoms with van der Waals surface area (Å²) >= 11 is 0. The van der Waals surface area contributed by atoms with Crippen LogP contribution in [0, 0.1) is 13.8 Å². The van der Waals surface area contributed by atoms with Gasteiger partial charge in [-0.25, -0.2) is 8.42 Å². The Balaban J connectivity index is 1.92. The van der Waals surface area contributed by atoms with Gasteiger partial charge in [0.25, 0.3) is 15.9 Å². The van der Waals surface area contributed by atoms with E-state index in [2.05, 4.69) is 0 Å². The molecule has 0 aliphatic heterocycles. The molecule has 0 aliphatic rings. The number of ether oxygens (including phenoxy) is 1. The maximum absolute atomic E-state index is 13.0. The van der Waals surface area contributed by atoms with E-state index in [0.29, 0.717) is 23.3 Å². The van der Waals surface area contributed by atoms with Gasteiger partial charge in [-0.2, -0.15) is 0 Å². The minimum absolute atomic E-state index is 0.00758. The van der Waals surface area contributed by atoms with Gasteiger partial charge in [-0.3, -0.25) is 10.0 Å². The Morgan fingerprint density at radius 2 is 1.74 bits per heavy atom. The molecule has 2 N–H and O–H groups in total. The number of rotatable bonds is 7. The fourth-order valence-electron chi connectivity index (χ4n) is 3.18. The summed E-state index contributed by atoms with van der Waals surface area (Å²) in [5, 5.41) is 10.2. The lowest BCUT2D eigenvalue weighted by atomic mass is 10.0. The van der Waals surface area contributed by atoms with Crippen LogP contribution in [0.5, 0.6) is 5.75 Å². The smallest absolute Gasteiger partial charge is 0.293 e. The third kappa shape index (κ3) is 5.29. The minimum Gasteiger partial charge on any atom is -0.497 e. The largest absolute Gasteiger partial charge is 0.497 e. The summed E-state index contributed by atoms with van der Waals surface area (Å²) in [5.74, 6) is -0.375. The summed E-state index contributed by atoms with van der Waals surface area (Å²) in [6, 6.07) is 19.0. The number of amides is 1. The average Bonchev–Trinajstić information content (AvgIpc) is 2.75. The summed E-state index contributed by atoms with van der Waals surface area (Å²) in [5.41, 5.74) is 2.99. The zero-order chi connectivity index (χ0) is 22.6. The van der Waals surface area contributed by atoms with Crippen LogP contribution >= 0.6 is 0 Å². The molecule has 7 nitrogen and oxygen atoms in total. The number of hydrogen-bond donors (Lipinski definition) is 2. The highest BCUT2D eigenvalue weighted by molar-refractivity contribution is 7.89. The van der Waals surface area contributed by atoms with E-state index >= 15 is 0 Å². The van der Waals surface area contributed by atoms with Crippen molar-refractivity contribution >= 4 is 15.9 Å². The molecule has 0 saturated heterocycles. The number of carbonyl (C=O) groups excluding carboxylic acids is 1. The van der Waals surface area contributed by atoms with Crippen molar-refractivity contribution in [2.45, 2.75) is 25.2 Å². The molecular formula is C23H24N2O5S. The first kappa shape index (κ1) is 22.5. The molecule has 3 aromatic carbocycles. The van der Waals surface area contributed by atoms with Gasteiger partial charge in [-0.05, 0) is 61.2 Å². The first-order valence-corrected chi connectivity index (χ1v) is 11.0. The van der Waals surface area contributed by atoms with Crippen molar-refractivity contribution in [3.8, 4) is 5.75 Å². The highest BCUT2D eigenvalue weighted by Gasteiger charge is 2.26. The van der Waals surface area contributed by atoms with Gasteiger partial charge in [-0.1, -0.05) is 52.9 Å². The molecule has 3 aromatic rings. The molecule has 162 valence electrons. The summed E-state index contributed by atoms with van der Waals surface area (Å²) < 4.78 is 31.3. The lowest BCUT2D eigenvalue weighted by molar-refractivity contribution is -0.0761. The van der Waals surface area contributed by atoms with Gasteiger partial charge in [0.15, 0.2) is 0 Å². The van der Waals surface area contributed by atoms with E-state index < -0.39 is 15.9 Å². The third-order valence-electron chi connectivity index (χ3n) is 4.82. The summed E-state index contributed by atoms with van der Waals surface area (Å²) in [7, 11) is -2.77. The highest BCUT2D eigenvalue weighted by Crippen LogP contribution is 2.25. The van der Waals surface area contributed by atoms with E-state index in [0.717, 1.165) is 11.1 Å². The normalized spacial score (nSPS) is 11.2. The van der Waals surface area contributed by atoms with Gasteiger partial charge < -0.3 is 4.74 Å². The number of carbonyl (C=O) groups is 1. The maximum atomic E-state index is 13.0. The Hall–Kier alpha value is -3.20. The van der Waals surface area contributed by atoms with Gasteiger partial charge in [-0.15, -0.1) is 5.17 Å². The van der Waals surface area contributed by atoms with E-state index in [1.807, 2.05) is 41.2 Å². The van der Waals surface area contributed by atoms with Crippen LogP contribution in [0.15, 0.2) is 71.6 Å². The van der Waals surface area contributed by atoms with E-state index in [4.69, 9.17) is 4.74 Å². The molecule has 0 aromatic heterocycles. The van der Waals surface area contributed by atoms with E-state index in [1.54, 1.807) is 32.0 Å². The van der Waals surface area contributed by atoms with Crippen molar-refractivity contribution in [2.75, 3.05) is 7.11 Å². The molecule has 0 aliphatic carbocycles. The quantitative estimate of drug-likeness (QED) is 0.432. The molecule has 31 heavy (non-hydrogen) atoms. The fourth-order valence-corrected chi connectivity index (χ4v) is 4.32. The van der Waals surface area contributed by atoms with Crippen LogP contribution in [-0.2, 0) is 16.4 Å². The number of nitrogens with zero attached hydrogens (tertiary/aromatic N) is 1. The van der Waals surface area contributed by atoms with Gasteiger partial charge in [0, 0.05) is 5.56 Å². The number of hydrogen-bond acceptors (Lipinski definition) is 5. The molecule has 0 spiro atoms. The van der Waals surface area contributed by atoms with Crippen molar-refractivity contribution in [1.82, 2.24) is 10.0 Å². The molecule has 0 fully saturated rings. The molecular weight excluding hydrogens is 416 g/mol. The lowest BCUT2D eigenvalue weighted by Gasteiger charge is -2.19. The first-order valence-electron chi connectivity index (χ1n) is 9.55. The zero-order valence-corrected chi connectivity index (χ0v) is 18.3. The zero-order valence-electron chi connectivity index (χ0n) is 17.5. The van der Waals surface area contributed by atoms with Gasteiger partial charge in [0.2, 0.25) is 0 Å². The number of hydroxylamine groups is 1. The monoisotopic (exact) mass is 440 g/mol. The van der Waals surface area contributed by atoms with Crippen molar-refractivity contribution in [1.29, 1.82) is 0 Å². The molecule has 0 unspecified atom stereocenters.